The predicted octanol–water partition coefficient (Wildman–Crippen LogP) is 7.38. The number of hydrogen-bond acceptors (Lipinski definition) is 1. The average Bonchev–Trinajstić information content (AvgIpc) is 3.19. The fourth-order valence-corrected chi connectivity index (χ4v) is 12.0. The van der Waals surface area contributed by atoms with Crippen molar-refractivity contribution in [2.75, 3.05) is 0 Å². The number of benzene rings is 8. The molecule has 242 valence electrons. The number of quaternary nitrogens is 1. The molecule has 50 heavy (non-hydrogen) atoms. The molecule has 8 aromatic carbocycles. The van der Waals surface area contributed by atoms with Crippen LogP contribution in [-0.4, -0.2) is 0 Å². The molecule has 0 aliphatic heterocycles. The molecule has 0 amide bonds. The van der Waals surface area contributed by atoms with Gasteiger partial charge in [0.2, 0.25) is 0 Å². The lowest BCUT2D eigenvalue weighted by molar-refractivity contribution is -0.386. The minimum absolute atomic E-state index is 0.508. The molecule has 0 fully saturated rings. The zero-order chi connectivity index (χ0) is 33.9. The molecule has 0 aliphatic carbocycles. The second kappa shape index (κ2) is 14.5. The summed E-state index contributed by atoms with van der Waals surface area (Å²) in [7, 11) is -1.81. The Bertz CT molecular complexity index is 2140. The Kier molecular flexibility index (Phi) is 9.36. The molecule has 2 nitrogen and oxygen atoms in total. The Morgan fingerprint density at radius 1 is 0.400 bits per heavy atom. The van der Waals surface area contributed by atoms with Gasteiger partial charge in [0.15, 0.2) is 0 Å². The molecule has 5 N–H and O–H groups in total. The maximum atomic E-state index is 6.22. The zero-order valence-electron chi connectivity index (χ0n) is 27.9. The monoisotopic (exact) mass is 681 g/mol. The third kappa shape index (κ3) is 6.18. The van der Waals surface area contributed by atoms with Crippen LogP contribution in [0, 0.1) is 0 Å². The standard InChI is InChI=1S/C46H38N2P2/c47-31-33-21-25-41-35(29-33)23-27-43(49(37-13-5-1-6-14-37)38-15-7-2-8-16-38)45(41)46-42-26-22-34(32-48)30-36(42)24-28-44(46)50(39-17-9-3-10-18-39)40-19-11-4-12-20-40/h1-30H,31-32,47-48H2/p+1. The molecule has 8 aromatic rings. The number of fused-ring (bicyclic) bond motifs is 2. The highest BCUT2D eigenvalue weighted by Crippen LogP contribution is 2.45. The summed E-state index contributed by atoms with van der Waals surface area (Å²) in [5.41, 5.74) is 15.4. The first kappa shape index (κ1) is 32.3. The van der Waals surface area contributed by atoms with E-state index in [0.717, 1.165) is 12.1 Å². The van der Waals surface area contributed by atoms with Gasteiger partial charge in [0, 0.05) is 12.1 Å². The summed E-state index contributed by atoms with van der Waals surface area (Å²) in [5.74, 6) is 0. The summed E-state index contributed by atoms with van der Waals surface area (Å²) in [4.78, 5) is 0. The molecule has 0 heterocycles. The Balaban J connectivity index is 1.55. The van der Waals surface area contributed by atoms with E-state index < -0.39 is 15.8 Å². The van der Waals surface area contributed by atoms with Gasteiger partial charge < -0.3 is 11.5 Å². The molecule has 0 saturated carbocycles. The molecule has 0 aromatic heterocycles. The van der Waals surface area contributed by atoms with Crippen molar-refractivity contribution >= 4 is 69.2 Å². The Hall–Kier alpha value is -4.94. The van der Waals surface area contributed by atoms with Crippen LogP contribution in [-0.2, 0) is 13.1 Å². The first-order valence-electron chi connectivity index (χ1n) is 17.1. The van der Waals surface area contributed by atoms with Crippen molar-refractivity contribution in [2.45, 2.75) is 13.1 Å². The van der Waals surface area contributed by atoms with Crippen molar-refractivity contribution in [3.8, 4) is 11.1 Å². The highest BCUT2D eigenvalue weighted by atomic mass is 31.1. The van der Waals surface area contributed by atoms with Crippen molar-refractivity contribution in [3.63, 3.8) is 0 Å². The van der Waals surface area contributed by atoms with Gasteiger partial charge in [0.1, 0.15) is 0 Å². The summed E-state index contributed by atoms with van der Waals surface area (Å²) >= 11 is 0. The molecule has 8 rings (SSSR count). The second-order valence-corrected chi connectivity index (χ2v) is 16.9. The predicted molar refractivity (Wildman–Crippen MR) is 219 cm³/mol. The van der Waals surface area contributed by atoms with Crippen molar-refractivity contribution < 1.29 is 5.73 Å². The van der Waals surface area contributed by atoms with Gasteiger partial charge >= 0.3 is 0 Å². The SMILES string of the molecule is NCc1ccc2c(-c3c(P(c4ccccc4)c4ccccc4)ccc4cc(C[NH3+])ccc34)c(P(c3ccccc3)c3ccccc3)ccc2c1. The van der Waals surface area contributed by atoms with Gasteiger partial charge in [0.05, 0.1) is 6.54 Å². The lowest BCUT2D eigenvalue weighted by Gasteiger charge is -2.28. The minimum atomic E-state index is -0.907. The maximum Gasteiger partial charge on any atom is 0.0997 e. The Morgan fingerprint density at radius 2 is 0.760 bits per heavy atom. The smallest absolute Gasteiger partial charge is 0.0997 e. The normalized spacial score (nSPS) is 11.5. The maximum absolute atomic E-state index is 6.22. The zero-order valence-corrected chi connectivity index (χ0v) is 29.7. The summed E-state index contributed by atoms with van der Waals surface area (Å²) < 4.78 is 0. The second-order valence-electron chi connectivity index (χ2n) is 12.5. The number of rotatable bonds is 9. The summed E-state index contributed by atoms with van der Waals surface area (Å²) in [5, 5.41) is 13.0. The van der Waals surface area contributed by atoms with E-state index in [9.17, 15) is 0 Å². The lowest BCUT2D eigenvalue weighted by Crippen LogP contribution is -2.47. The highest BCUT2D eigenvalue weighted by Gasteiger charge is 2.28. The minimum Gasteiger partial charge on any atom is -0.354 e. The van der Waals surface area contributed by atoms with E-state index in [4.69, 9.17) is 5.73 Å². The third-order valence-electron chi connectivity index (χ3n) is 9.44. The fourth-order valence-electron chi connectivity index (χ4n) is 7.08. The molecule has 4 heteroatoms. The Morgan fingerprint density at radius 3 is 1.12 bits per heavy atom. The summed E-state index contributed by atoms with van der Waals surface area (Å²) in [6, 6.07) is 67.5. The molecular weight excluding hydrogens is 642 g/mol. The van der Waals surface area contributed by atoms with Crippen LogP contribution >= 0.6 is 15.8 Å². The van der Waals surface area contributed by atoms with Crippen LogP contribution in [0.2, 0.25) is 0 Å². The van der Waals surface area contributed by atoms with E-state index in [1.807, 2.05) is 0 Å². The lowest BCUT2D eigenvalue weighted by atomic mass is 9.92. The average molecular weight is 682 g/mol. The molecular formula is C46H39N2P2+. The summed E-state index contributed by atoms with van der Waals surface area (Å²) in [6.07, 6.45) is 0. The Labute approximate surface area is 296 Å². The van der Waals surface area contributed by atoms with E-state index in [-0.39, 0.29) is 0 Å². The van der Waals surface area contributed by atoms with Gasteiger partial charge in [-0.15, -0.1) is 0 Å². The number of hydrogen-bond donors (Lipinski definition) is 2. The van der Waals surface area contributed by atoms with E-state index in [2.05, 4.69) is 188 Å². The third-order valence-corrected chi connectivity index (χ3v) is 14.4. The first-order valence-corrected chi connectivity index (χ1v) is 19.8. The van der Waals surface area contributed by atoms with E-state index in [1.165, 1.54) is 70.1 Å². The molecule has 0 bridgehead atoms. The van der Waals surface area contributed by atoms with Gasteiger partial charge in [-0.1, -0.05) is 170 Å². The summed E-state index contributed by atoms with van der Waals surface area (Å²) in [6.45, 7) is 1.26. The van der Waals surface area contributed by atoms with Gasteiger partial charge in [-0.3, -0.25) is 0 Å². The quantitative estimate of drug-likeness (QED) is 0.154. The van der Waals surface area contributed by atoms with Crippen molar-refractivity contribution in [3.05, 3.63) is 193 Å². The molecule has 0 aliphatic rings. The van der Waals surface area contributed by atoms with Crippen LogP contribution in [0.1, 0.15) is 11.1 Å². The molecule has 0 radical (unpaired) electrons. The van der Waals surface area contributed by atoms with Crippen LogP contribution in [0.3, 0.4) is 0 Å². The highest BCUT2D eigenvalue weighted by molar-refractivity contribution is 7.80. The van der Waals surface area contributed by atoms with Crippen LogP contribution in [0.15, 0.2) is 182 Å². The van der Waals surface area contributed by atoms with Crippen LogP contribution in [0.25, 0.3) is 32.7 Å². The van der Waals surface area contributed by atoms with Gasteiger partial charge in [-0.2, -0.15) is 0 Å². The largest absolute Gasteiger partial charge is 0.354 e. The van der Waals surface area contributed by atoms with E-state index in [0.29, 0.717) is 6.54 Å². The first-order chi connectivity index (χ1) is 24.7. The van der Waals surface area contributed by atoms with Gasteiger partial charge in [0.25, 0.3) is 0 Å². The fraction of sp³-hybridized carbons (Fsp3) is 0.0435. The molecule has 0 saturated heterocycles. The van der Waals surface area contributed by atoms with Crippen molar-refractivity contribution in [1.82, 2.24) is 0 Å². The van der Waals surface area contributed by atoms with Crippen molar-refractivity contribution in [1.29, 1.82) is 0 Å². The van der Waals surface area contributed by atoms with E-state index >= 15 is 0 Å². The number of nitrogens with two attached hydrogens (primary N) is 1. The van der Waals surface area contributed by atoms with E-state index in [1.54, 1.807) is 0 Å². The van der Waals surface area contributed by atoms with Gasteiger partial charge in [-0.25, -0.2) is 0 Å². The molecule has 0 unspecified atom stereocenters. The van der Waals surface area contributed by atoms with Crippen LogP contribution < -0.4 is 43.3 Å². The molecule has 0 atom stereocenters. The van der Waals surface area contributed by atoms with Crippen molar-refractivity contribution in [2.24, 2.45) is 5.73 Å². The van der Waals surface area contributed by atoms with Crippen LogP contribution in [0.5, 0.6) is 0 Å². The van der Waals surface area contributed by atoms with Gasteiger partial charge in [-0.05, 0) is 98.0 Å². The van der Waals surface area contributed by atoms with Crippen LogP contribution in [0.4, 0.5) is 0 Å². The topological polar surface area (TPSA) is 53.7 Å². The molecule has 0 spiro atoms.